The van der Waals surface area contributed by atoms with Crippen LogP contribution < -0.4 is 10.1 Å². The molecule has 2 aromatic carbocycles. The molecule has 0 fully saturated rings. The number of hydrogen-bond acceptors (Lipinski definition) is 4. The summed E-state index contributed by atoms with van der Waals surface area (Å²) < 4.78 is 6.05. The zero-order valence-electron chi connectivity index (χ0n) is 20.2. The summed E-state index contributed by atoms with van der Waals surface area (Å²) in [4.78, 5) is 31.3. The van der Waals surface area contributed by atoms with Gasteiger partial charge >= 0.3 is 6.03 Å². The Morgan fingerprint density at radius 2 is 1.86 bits per heavy atom. The van der Waals surface area contributed by atoms with E-state index in [0.29, 0.717) is 29.6 Å². The fourth-order valence-corrected chi connectivity index (χ4v) is 5.19. The number of halogens is 1. The number of anilines is 1. The van der Waals surface area contributed by atoms with E-state index >= 15 is 0 Å². The van der Waals surface area contributed by atoms with E-state index in [4.69, 9.17) is 16.3 Å². The number of urea groups is 1. The topological polar surface area (TPSA) is 61.9 Å². The molecule has 4 rings (SSSR count). The number of benzene rings is 2. The highest BCUT2D eigenvalue weighted by atomic mass is 35.5. The van der Waals surface area contributed by atoms with E-state index in [-0.39, 0.29) is 30.6 Å². The van der Waals surface area contributed by atoms with Gasteiger partial charge in [0.2, 0.25) is 5.91 Å². The van der Waals surface area contributed by atoms with Crippen LogP contribution in [0.25, 0.3) is 0 Å². The maximum atomic E-state index is 13.5. The number of amides is 3. The number of carbonyl (C=O) groups is 2. The van der Waals surface area contributed by atoms with Crippen molar-refractivity contribution in [2.75, 3.05) is 25.0 Å². The highest BCUT2D eigenvalue weighted by molar-refractivity contribution is 7.10. The quantitative estimate of drug-likeness (QED) is 0.413. The summed E-state index contributed by atoms with van der Waals surface area (Å²) in [5.74, 6) is 0.602. The van der Waals surface area contributed by atoms with Crippen LogP contribution in [0.2, 0.25) is 5.02 Å². The van der Waals surface area contributed by atoms with E-state index < -0.39 is 0 Å². The van der Waals surface area contributed by atoms with Crippen molar-refractivity contribution in [3.63, 3.8) is 0 Å². The standard InChI is InChI=1S/C27H30ClN3O3S/c1-18(2)31(27(33)29-21-8-4-19(3)5-9-21)16-26(32)30-14-12-25-23(13-15-35-25)24(30)17-34-22-10-6-20(28)7-11-22/h4-11,13,15,18,24H,12,14,16-17H2,1-3H3,(H,29,33). The molecule has 2 heterocycles. The second kappa shape index (κ2) is 11.1. The second-order valence-corrected chi connectivity index (χ2v) is 10.4. The molecule has 1 atom stereocenters. The van der Waals surface area contributed by atoms with Gasteiger partial charge < -0.3 is 19.9 Å². The molecule has 6 nitrogen and oxygen atoms in total. The Bertz CT molecular complexity index is 1160. The van der Waals surface area contributed by atoms with Gasteiger partial charge in [0.05, 0.1) is 6.04 Å². The van der Waals surface area contributed by atoms with Crippen LogP contribution in [-0.4, -0.2) is 47.5 Å². The Labute approximate surface area is 215 Å². The lowest BCUT2D eigenvalue weighted by atomic mass is 10.0. The maximum Gasteiger partial charge on any atom is 0.322 e. The lowest BCUT2D eigenvalue weighted by Crippen LogP contribution is -2.50. The molecular weight excluding hydrogens is 482 g/mol. The van der Waals surface area contributed by atoms with Crippen molar-refractivity contribution in [3.8, 4) is 5.75 Å². The predicted octanol–water partition coefficient (Wildman–Crippen LogP) is 6.16. The van der Waals surface area contributed by atoms with Crippen LogP contribution in [0, 0.1) is 6.92 Å². The van der Waals surface area contributed by atoms with Crippen molar-refractivity contribution in [2.45, 2.75) is 39.3 Å². The van der Waals surface area contributed by atoms with Gasteiger partial charge in [-0.05, 0) is 80.6 Å². The van der Waals surface area contributed by atoms with Gasteiger partial charge in [0.25, 0.3) is 0 Å². The maximum absolute atomic E-state index is 13.5. The Morgan fingerprint density at radius 1 is 1.14 bits per heavy atom. The van der Waals surface area contributed by atoms with Crippen LogP contribution in [0.5, 0.6) is 5.75 Å². The first-order chi connectivity index (χ1) is 16.8. The molecule has 0 aliphatic carbocycles. The van der Waals surface area contributed by atoms with Crippen molar-refractivity contribution >= 4 is 40.6 Å². The van der Waals surface area contributed by atoms with Crippen molar-refractivity contribution in [2.24, 2.45) is 0 Å². The first kappa shape index (κ1) is 25.1. The molecule has 1 aliphatic heterocycles. The van der Waals surface area contributed by atoms with Crippen LogP contribution in [0.1, 0.15) is 35.9 Å². The van der Waals surface area contributed by atoms with Gasteiger partial charge in [-0.25, -0.2) is 4.79 Å². The van der Waals surface area contributed by atoms with E-state index in [1.165, 1.54) is 4.88 Å². The molecule has 0 bridgehead atoms. The van der Waals surface area contributed by atoms with Gasteiger partial charge in [-0.1, -0.05) is 29.3 Å². The summed E-state index contributed by atoms with van der Waals surface area (Å²) in [5, 5.41) is 5.62. The van der Waals surface area contributed by atoms with Crippen molar-refractivity contribution < 1.29 is 14.3 Å². The first-order valence-corrected chi connectivity index (χ1v) is 13.0. The molecule has 0 radical (unpaired) electrons. The van der Waals surface area contributed by atoms with Gasteiger partial charge in [0.1, 0.15) is 18.9 Å². The number of rotatable bonds is 7. The van der Waals surface area contributed by atoms with E-state index in [2.05, 4.69) is 16.8 Å². The summed E-state index contributed by atoms with van der Waals surface area (Å²) in [6.07, 6.45) is 0.799. The molecule has 1 aromatic heterocycles. The minimum Gasteiger partial charge on any atom is -0.491 e. The number of thiophene rings is 1. The monoisotopic (exact) mass is 511 g/mol. The normalized spacial score (nSPS) is 15.0. The summed E-state index contributed by atoms with van der Waals surface area (Å²) in [6.45, 7) is 6.73. The third-order valence-corrected chi connectivity index (χ3v) is 7.38. The number of ether oxygens (including phenoxy) is 1. The fraction of sp³-hybridized carbons (Fsp3) is 0.333. The third-order valence-electron chi connectivity index (χ3n) is 6.13. The molecule has 1 aliphatic rings. The van der Waals surface area contributed by atoms with Crippen LogP contribution >= 0.6 is 22.9 Å². The van der Waals surface area contributed by atoms with Gasteiger partial charge in [-0.3, -0.25) is 4.79 Å². The molecule has 3 aromatic rings. The number of nitrogens with zero attached hydrogens (tertiary/aromatic N) is 2. The molecule has 1 N–H and O–H groups in total. The second-order valence-electron chi connectivity index (χ2n) is 8.93. The first-order valence-electron chi connectivity index (χ1n) is 11.7. The molecule has 0 spiro atoms. The smallest absolute Gasteiger partial charge is 0.322 e. The minimum atomic E-state index is -0.292. The Hall–Kier alpha value is -3.03. The van der Waals surface area contributed by atoms with E-state index in [0.717, 1.165) is 17.5 Å². The van der Waals surface area contributed by atoms with Gasteiger partial charge in [0, 0.05) is 28.2 Å². The molecular formula is C27H30ClN3O3S. The molecule has 184 valence electrons. The van der Waals surface area contributed by atoms with E-state index in [1.807, 2.05) is 62.1 Å². The number of aryl methyl sites for hydroxylation is 1. The fourth-order valence-electron chi connectivity index (χ4n) is 4.14. The van der Waals surface area contributed by atoms with Crippen LogP contribution in [0.4, 0.5) is 10.5 Å². The Kier molecular flexibility index (Phi) is 7.98. The number of hydrogen-bond donors (Lipinski definition) is 1. The summed E-state index contributed by atoms with van der Waals surface area (Å²) in [5.41, 5.74) is 2.93. The average molecular weight is 512 g/mol. The number of carbonyl (C=O) groups excluding carboxylic acids is 2. The van der Waals surface area contributed by atoms with Crippen molar-refractivity contribution in [1.29, 1.82) is 0 Å². The average Bonchev–Trinajstić information content (AvgIpc) is 3.32. The Balaban J connectivity index is 1.48. The highest BCUT2D eigenvalue weighted by Gasteiger charge is 2.34. The van der Waals surface area contributed by atoms with Gasteiger partial charge in [0.15, 0.2) is 0 Å². The molecule has 0 saturated carbocycles. The lowest BCUT2D eigenvalue weighted by Gasteiger charge is -2.37. The van der Waals surface area contributed by atoms with Gasteiger partial charge in [-0.2, -0.15) is 0 Å². The highest BCUT2D eigenvalue weighted by Crippen LogP contribution is 2.34. The molecule has 8 heteroatoms. The zero-order chi connectivity index (χ0) is 24.9. The van der Waals surface area contributed by atoms with E-state index in [9.17, 15) is 9.59 Å². The summed E-state index contributed by atoms with van der Waals surface area (Å²) >= 11 is 7.70. The van der Waals surface area contributed by atoms with Crippen molar-refractivity contribution in [1.82, 2.24) is 9.80 Å². The number of nitrogens with one attached hydrogen (secondary N) is 1. The number of fused-ring (bicyclic) bond motifs is 1. The molecule has 0 saturated heterocycles. The molecule has 3 amide bonds. The Morgan fingerprint density at radius 3 is 2.54 bits per heavy atom. The minimum absolute atomic E-state index is 0.00766. The van der Waals surface area contributed by atoms with Crippen LogP contribution in [-0.2, 0) is 11.2 Å². The molecule has 35 heavy (non-hydrogen) atoms. The summed E-state index contributed by atoms with van der Waals surface area (Å²) in [7, 11) is 0. The SMILES string of the molecule is Cc1ccc(NC(=O)N(CC(=O)N2CCc3sccc3C2COc2ccc(Cl)cc2)C(C)C)cc1. The lowest BCUT2D eigenvalue weighted by molar-refractivity contribution is -0.135. The van der Waals surface area contributed by atoms with E-state index in [1.54, 1.807) is 28.4 Å². The van der Waals surface area contributed by atoms with Crippen LogP contribution in [0.15, 0.2) is 60.0 Å². The largest absolute Gasteiger partial charge is 0.491 e. The zero-order valence-corrected chi connectivity index (χ0v) is 21.7. The summed E-state index contributed by atoms with van der Waals surface area (Å²) in [6, 6.07) is 16.2. The predicted molar refractivity (Wildman–Crippen MR) is 141 cm³/mol. The molecule has 1 unspecified atom stereocenters. The third kappa shape index (κ3) is 6.16. The van der Waals surface area contributed by atoms with Crippen molar-refractivity contribution in [3.05, 3.63) is 81.0 Å². The van der Waals surface area contributed by atoms with Crippen LogP contribution in [0.3, 0.4) is 0 Å². The van der Waals surface area contributed by atoms with Gasteiger partial charge in [-0.15, -0.1) is 11.3 Å².